The Labute approximate surface area is 124 Å². The van der Waals surface area contributed by atoms with Crippen molar-refractivity contribution in [1.29, 1.82) is 0 Å². The highest BCUT2D eigenvalue weighted by Crippen LogP contribution is 2.34. The molecule has 0 bridgehead atoms. The van der Waals surface area contributed by atoms with Gasteiger partial charge < -0.3 is 10.1 Å². The molecule has 1 saturated heterocycles. The summed E-state index contributed by atoms with van der Waals surface area (Å²) in [7, 11) is 1.61. The molecule has 6 nitrogen and oxygen atoms in total. The van der Waals surface area contributed by atoms with Gasteiger partial charge in [0.1, 0.15) is 0 Å². The lowest BCUT2D eigenvalue weighted by atomic mass is 9.85. The summed E-state index contributed by atoms with van der Waals surface area (Å²) in [6, 6.07) is 0. The zero-order valence-electron chi connectivity index (χ0n) is 12.3. The SMILES string of the molecule is COCCCNC(=O)CCN1C(=O)[C@H]2CC=CC[C@H]2C1=O. The van der Waals surface area contributed by atoms with Gasteiger partial charge in [-0.3, -0.25) is 19.3 Å². The fourth-order valence-electron chi connectivity index (χ4n) is 2.84. The van der Waals surface area contributed by atoms with E-state index in [1.165, 1.54) is 4.90 Å². The summed E-state index contributed by atoms with van der Waals surface area (Å²) in [6.45, 7) is 1.32. The number of allylic oxidation sites excluding steroid dienone is 2. The number of methoxy groups -OCH3 is 1. The van der Waals surface area contributed by atoms with Crippen LogP contribution in [0.25, 0.3) is 0 Å². The first kappa shape index (κ1) is 15.7. The van der Waals surface area contributed by atoms with Gasteiger partial charge in [0.15, 0.2) is 0 Å². The molecule has 3 amide bonds. The zero-order valence-corrected chi connectivity index (χ0v) is 12.3. The maximum atomic E-state index is 12.2. The van der Waals surface area contributed by atoms with E-state index in [9.17, 15) is 14.4 Å². The van der Waals surface area contributed by atoms with Crippen LogP contribution in [0.1, 0.15) is 25.7 Å². The van der Waals surface area contributed by atoms with Crippen LogP contribution in [0.2, 0.25) is 0 Å². The molecule has 6 heteroatoms. The number of ether oxygens (including phenoxy) is 1. The van der Waals surface area contributed by atoms with Crippen molar-refractivity contribution in [3.05, 3.63) is 12.2 Å². The Morgan fingerprint density at radius 2 is 1.90 bits per heavy atom. The Morgan fingerprint density at radius 1 is 1.29 bits per heavy atom. The van der Waals surface area contributed by atoms with Crippen LogP contribution >= 0.6 is 0 Å². The van der Waals surface area contributed by atoms with Crippen LogP contribution in [0.15, 0.2) is 12.2 Å². The van der Waals surface area contributed by atoms with Gasteiger partial charge in [-0.1, -0.05) is 12.2 Å². The number of carbonyl (C=O) groups excluding carboxylic acids is 3. The molecule has 21 heavy (non-hydrogen) atoms. The molecule has 0 aromatic rings. The lowest BCUT2D eigenvalue weighted by Crippen LogP contribution is -2.35. The van der Waals surface area contributed by atoms with E-state index in [-0.39, 0.29) is 42.5 Å². The van der Waals surface area contributed by atoms with E-state index in [2.05, 4.69) is 5.32 Å². The van der Waals surface area contributed by atoms with Crippen LogP contribution in [-0.4, -0.2) is 49.4 Å². The first-order valence-electron chi connectivity index (χ1n) is 7.41. The lowest BCUT2D eigenvalue weighted by Gasteiger charge is -2.14. The van der Waals surface area contributed by atoms with Crippen LogP contribution < -0.4 is 5.32 Å². The Hall–Kier alpha value is -1.69. The number of carbonyl (C=O) groups is 3. The summed E-state index contributed by atoms with van der Waals surface area (Å²) in [4.78, 5) is 37.3. The van der Waals surface area contributed by atoms with Crippen LogP contribution in [0.3, 0.4) is 0 Å². The highest BCUT2D eigenvalue weighted by Gasteiger charge is 2.46. The van der Waals surface area contributed by atoms with Gasteiger partial charge in [-0.2, -0.15) is 0 Å². The standard InChI is InChI=1S/C15H22N2O4/c1-21-10-4-8-16-13(18)7-9-17-14(19)11-5-2-3-6-12(11)15(17)20/h2-3,11-12H,4-10H2,1H3,(H,16,18)/t11-,12+. The molecule has 0 saturated carbocycles. The number of rotatable bonds is 7. The minimum Gasteiger partial charge on any atom is -0.385 e. The topological polar surface area (TPSA) is 75.7 Å². The highest BCUT2D eigenvalue weighted by molar-refractivity contribution is 6.05. The van der Waals surface area contributed by atoms with Crippen molar-refractivity contribution in [2.75, 3.05) is 26.8 Å². The first-order valence-corrected chi connectivity index (χ1v) is 7.41. The summed E-state index contributed by atoms with van der Waals surface area (Å²) in [5, 5.41) is 2.75. The average Bonchev–Trinajstić information content (AvgIpc) is 2.74. The van der Waals surface area contributed by atoms with Crippen molar-refractivity contribution in [1.82, 2.24) is 10.2 Å². The number of likely N-dealkylation sites (tertiary alicyclic amines) is 1. The lowest BCUT2D eigenvalue weighted by molar-refractivity contribution is -0.140. The quantitative estimate of drug-likeness (QED) is 0.421. The van der Waals surface area contributed by atoms with Crippen LogP contribution in [-0.2, 0) is 19.1 Å². The molecule has 2 atom stereocenters. The second-order valence-electron chi connectivity index (χ2n) is 5.43. The number of nitrogens with one attached hydrogen (secondary N) is 1. The molecule has 1 N–H and O–H groups in total. The third-order valence-electron chi connectivity index (χ3n) is 4.01. The molecule has 1 heterocycles. The molecule has 0 aromatic heterocycles. The number of nitrogens with zero attached hydrogens (tertiary/aromatic N) is 1. The molecule has 1 aliphatic carbocycles. The van der Waals surface area contributed by atoms with Crippen molar-refractivity contribution >= 4 is 17.7 Å². The largest absolute Gasteiger partial charge is 0.385 e. The molecule has 0 radical (unpaired) electrons. The Morgan fingerprint density at radius 3 is 2.48 bits per heavy atom. The summed E-state index contributed by atoms with van der Waals surface area (Å²) >= 11 is 0. The van der Waals surface area contributed by atoms with Gasteiger partial charge in [-0.25, -0.2) is 0 Å². The molecule has 1 fully saturated rings. The van der Waals surface area contributed by atoms with E-state index >= 15 is 0 Å². The van der Waals surface area contributed by atoms with Crippen molar-refractivity contribution in [2.45, 2.75) is 25.7 Å². The molecular formula is C15H22N2O4. The number of hydrogen-bond acceptors (Lipinski definition) is 4. The number of amides is 3. The summed E-state index contributed by atoms with van der Waals surface area (Å²) < 4.78 is 4.89. The normalized spacial score (nSPS) is 24.3. The van der Waals surface area contributed by atoms with Crippen molar-refractivity contribution in [3.8, 4) is 0 Å². The third-order valence-corrected chi connectivity index (χ3v) is 4.01. The van der Waals surface area contributed by atoms with Crippen molar-refractivity contribution < 1.29 is 19.1 Å². The Balaban J connectivity index is 1.77. The van der Waals surface area contributed by atoms with E-state index in [0.29, 0.717) is 26.0 Å². The molecule has 2 rings (SSSR count). The first-order chi connectivity index (χ1) is 10.1. The van der Waals surface area contributed by atoms with Crippen molar-refractivity contribution in [3.63, 3.8) is 0 Å². The van der Waals surface area contributed by atoms with E-state index in [1.807, 2.05) is 12.2 Å². The summed E-state index contributed by atoms with van der Waals surface area (Å²) in [5.74, 6) is -0.817. The highest BCUT2D eigenvalue weighted by atomic mass is 16.5. The van der Waals surface area contributed by atoms with Gasteiger partial charge in [-0.05, 0) is 19.3 Å². The molecule has 0 aromatic carbocycles. The maximum Gasteiger partial charge on any atom is 0.233 e. The minimum absolute atomic E-state index is 0.124. The Bertz CT molecular complexity index is 421. The fourth-order valence-corrected chi connectivity index (χ4v) is 2.84. The van der Waals surface area contributed by atoms with Gasteiger partial charge in [0.2, 0.25) is 17.7 Å². The number of hydrogen-bond donors (Lipinski definition) is 1. The summed E-state index contributed by atoms with van der Waals surface area (Å²) in [5.41, 5.74) is 0. The van der Waals surface area contributed by atoms with E-state index in [0.717, 1.165) is 6.42 Å². The smallest absolute Gasteiger partial charge is 0.233 e. The molecule has 0 spiro atoms. The van der Waals surface area contributed by atoms with Crippen LogP contribution in [0.5, 0.6) is 0 Å². The molecule has 2 aliphatic rings. The predicted molar refractivity (Wildman–Crippen MR) is 76.2 cm³/mol. The molecule has 1 aliphatic heterocycles. The van der Waals surface area contributed by atoms with Crippen LogP contribution in [0.4, 0.5) is 0 Å². The van der Waals surface area contributed by atoms with E-state index < -0.39 is 0 Å². The van der Waals surface area contributed by atoms with E-state index in [4.69, 9.17) is 4.74 Å². The Kier molecular flexibility index (Phi) is 5.50. The van der Waals surface area contributed by atoms with Gasteiger partial charge >= 0.3 is 0 Å². The number of imide groups is 1. The van der Waals surface area contributed by atoms with Gasteiger partial charge in [0, 0.05) is 33.2 Å². The van der Waals surface area contributed by atoms with Gasteiger partial charge in [0.25, 0.3) is 0 Å². The van der Waals surface area contributed by atoms with Gasteiger partial charge in [0.05, 0.1) is 11.8 Å². The van der Waals surface area contributed by atoms with Gasteiger partial charge in [-0.15, -0.1) is 0 Å². The summed E-state index contributed by atoms with van der Waals surface area (Å²) in [6.07, 6.45) is 6.09. The zero-order chi connectivity index (χ0) is 15.2. The maximum absolute atomic E-state index is 12.2. The molecular weight excluding hydrogens is 272 g/mol. The second-order valence-corrected chi connectivity index (χ2v) is 5.43. The van der Waals surface area contributed by atoms with Crippen molar-refractivity contribution in [2.24, 2.45) is 11.8 Å². The average molecular weight is 294 g/mol. The molecule has 0 unspecified atom stereocenters. The molecule has 116 valence electrons. The fraction of sp³-hybridized carbons (Fsp3) is 0.667. The second kappa shape index (κ2) is 7.36. The van der Waals surface area contributed by atoms with Crippen LogP contribution in [0, 0.1) is 11.8 Å². The minimum atomic E-state index is -0.215. The van der Waals surface area contributed by atoms with E-state index in [1.54, 1.807) is 7.11 Å². The third kappa shape index (κ3) is 3.69. The monoisotopic (exact) mass is 294 g/mol. The number of fused-ring (bicyclic) bond motifs is 1. The predicted octanol–water partition coefficient (Wildman–Crippen LogP) is 0.480.